The zero-order valence-corrected chi connectivity index (χ0v) is 14.0. The Labute approximate surface area is 145 Å². The van der Waals surface area contributed by atoms with Crippen molar-refractivity contribution in [1.82, 2.24) is 14.8 Å². The van der Waals surface area contributed by atoms with E-state index in [1.54, 1.807) is 0 Å². The molecule has 2 heterocycles. The number of nitrogens with one attached hydrogen (secondary N) is 1. The van der Waals surface area contributed by atoms with E-state index >= 15 is 0 Å². The van der Waals surface area contributed by atoms with Crippen molar-refractivity contribution in [3.63, 3.8) is 0 Å². The molecule has 0 saturated heterocycles. The molecule has 0 radical (unpaired) electrons. The summed E-state index contributed by atoms with van der Waals surface area (Å²) in [5, 5.41) is 8.55. The molecule has 122 valence electrons. The second kappa shape index (κ2) is 5.83. The second-order valence-corrected chi connectivity index (χ2v) is 6.59. The molecular formula is C18H18ClN5. The standard InChI is InChI=1S/C18H18ClN5/c1-11-3-2-4-13(9-11)16-10-15(12-5-7-14(19)8-6-12)21-18-22-17(20)23-24(16)18/h2-9,15-16H,10H2,1H3,(H3,20,21,22,23). The van der Waals surface area contributed by atoms with Crippen molar-refractivity contribution >= 4 is 23.5 Å². The van der Waals surface area contributed by atoms with Gasteiger partial charge in [-0.05, 0) is 36.6 Å². The van der Waals surface area contributed by atoms with E-state index < -0.39 is 0 Å². The fraction of sp³-hybridized carbons (Fsp3) is 0.222. The number of aromatic nitrogens is 3. The monoisotopic (exact) mass is 339 g/mol. The molecule has 3 aromatic rings. The van der Waals surface area contributed by atoms with Crippen LogP contribution in [-0.4, -0.2) is 14.8 Å². The van der Waals surface area contributed by atoms with Crippen molar-refractivity contribution in [1.29, 1.82) is 0 Å². The van der Waals surface area contributed by atoms with Crippen molar-refractivity contribution < 1.29 is 0 Å². The van der Waals surface area contributed by atoms with Crippen LogP contribution < -0.4 is 11.1 Å². The van der Waals surface area contributed by atoms with Crippen LogP contribution in [0.3, 0.4) is 0 Å². The number of anilines is 2. The van der Waals surface area contributed by atoms with E-state index in [0.717, 1.165) is 11.4 Å². The molecule has 24 heavy (non-hydrogen) atoms. The smallest absolute Gasteiger partial charge is 0.241 e. The minimum absolute atomic E-state index is 0.0895. The van der Waals surface area contributed by atoms with Gasteiger partial charge in [-0.25, -0.2) is 4.68 Å². The predicted octanol–water partition coefficient (Wildman–Crippen LogP) is 3.97. The Morgan fingerprint density at radius 1 is 1.17 bits per heavy atom. The van der Waals surface area contributed by atoms with Gasteiger partial charge in [0.05, 0.1) is 12.1 Å². The molecule has 0 aliphatic carbocycles. The SMILES string of the molecule is Cc1cccc(C2CC(c3ccc(Cl)cc3)Nc3nc(N)nn32)c1. The maximum absolute atomic E-state index is 6.01. The Morgan fingerprint density at radius 2 is 1.96 bits per heavy atom. The molecule has 5 nitrogen and oxygen atoms in total. The Kier molecular flexibility index (Phi) is 3.65. The summed E-state index contributed by atoms with van der Waals surface area (Å²) in [6.07, 6.45) is 0.862. The number of aryl methyl sites for hydroxylation is 1. The van der Waals surface area contributed by atoms with Crippen LogP contribution in [0.25, 0.3) is 0 Å². The molecule has 0 spiro atoms. The Bertz CT molecular complexity index is 871. The summed E-state index contributed by atoms with van der Waals surface area (Å²) >= 11 is 6.01. The summed E-state index contributed by atoms with van der Waals surface area (Å²) in [7, 11) is 0. The van der Waals surface area contributed by atoms with E-state index in [0.29, 0.717) is 5.95 Å². The van der Waals surface area contributed by atoms with Gasteiger partial charge in [-0.15, -0.1) is 5.10 Å². The molecule has 0 fully saturated rings. The number of fused-ring (bicyclic) bond motifs is 1. The van der Waals surface area contributed by atoms with Gasteiger partial charge in [0.25, 0.3) is 0 Å². The Balaban J connectivity index is 1.76. The van der Waals surface area contributed by atoms with Gasteiger partial charge in [-0.2, -0.15) is 4.98 Å². The van der Waals surface area contributed by atoms with Gasteiger partial charge < -0.3 is 11.1 Å². The van der Waals surface area contributed by atoms with Gasteiger partial charge in [0.15, 0.2) is 0 Å². The van der Waals surface area contributed by atoms with Gasteiger partial charge in [0.1, 0.15) is 0 Å². The molecule has 1 aromatic heterocycles. The Morgan fingerprint density at radius 3 is 2.71 bits per heavy atom. The summed E-state index contributed by atoms with van der Waals surface area (Å²) in [5.41, 5.74) is 9.44. The molecule has 0 bridgehead atoms. The number of halogens is 1. The van der Waals surface area contributed by atoms with Crippen molar-refractivity contribution in [3.8, 4) is 0 Å². The number of hydrogen-bond donors (Lipinski definition) is 2. The zero-order chi connectivity index (χ0) is 16.7. The number of hydrogen-bond acceptors (Lipinski definition) is 4. The summed E-state index contributed by atoms with van der Waals surface area (Å²) in [6, 6.07) is 16.6. The van der Waals surface area contributed by atoms with Crippen molar-refractivity contribution in [2.45, 2.75) is 25.4 Å². The molecule has 4 rings (SSSR count). The second-order valence-electron chi connectivity index (χ2n) is 6.15. The lowest BCUT2D eigenvalue weighted by Crippen LogP contribution is -2.28. The van der Waals surface area contributed by atoms with E-state index in [4.69, 9.17) is 17.3 Å². The van der Waals surface area contributed by atoms with Crippen LogP contribution >= 0.6 is 11.6 Å². The van der Waals surface area contributed by atoms with Crippen LogP contribution in [0.1, 0.15) is 35.2 Å². The first-order chi connectivity index (χ1) is 11.6. The lowest BCUT2D eigenvalue weighted by molar-refractivity contribution is 0.431. The van der Waals surface area contributed by atoms with Gasteiger partial charge in [0.2, 0.25) is 11.9 Å². The highest BCUT2D eigenvalue weighted by Gasteiger charge is 2.30. The molecule has 0 amide bonds. The highest BCUT2D eigenvalue weighted by molar-refractivity contribution is 6.30. The van der Waals surface area contributed by atoms with Crippen molar-refractivity contribution in [3.05, 3.63) is 70.2 Å². The predicted molar refractivity (Wildman–Crippen MR) is 96.2 cm³/mol. The van der Waals surface area contributed by atoms with E-state index in [2.05, 4.69) is 46.6 Å². The molecule has 2 atom stereocenters. The topological polar surface area (TPSA) is 68.8 Å². The quantitative estimate of drug-likeness (QED) is 0.741. The molecule has 1 aliphatic rings. The fourth-order valence-electron chi connectivity index (χ4n) is 3.26. The van der Waals surface area contributed by atoms with Crippen LogP contribution in [0.5, 0.6) is 0 Å². The average Bonchev–Trinajstić information content (AvgIpc) is 2.94. The molecule has 1 aliphatic heterocycles. The lowest BCUT2D eigenvalue weighted by atomic mass is 9.93. The van der Waals surface area contributed by atoms with E-state index in [1.807, 2.05) is 28.9 Å². The van der Waals surface area contributed by atoms with Gasteiger partial charge in [-0.3, -0.25) is 0 Å². The van der Waals surface area contributed by atoms with Crippen LogP contribution in [0.2, 0.25) is 5.02 Å². The first-order valence-electron chi connectivity index (χ1n) is 7.91. The van der Waals surface area contributed by atoms with Gasteiger partial charge in [0, 0.05) is 5.02 Å². The molecule has 2 aromatic carbocycles. The molecule has 3 N–H and O–H groups in total. The summed E-state index contributed by atoms with van der Waals surface area (Å²) in [5.74, 6) is 0.983. The zero-order valence-electron chi connectivity index (χ0n) is 13.3. The van der Waals surface area contributed by atoms with Gasteiger partial charge >= 0.3 is 0 Å². The first-order valence-corrected chi connectivity index (χ1v) is 8.28. The van der Waals surface area contributed by atoms with Crippen molar-refractivity contribution in [2.75, 3.05) is 11.1 Å². The maximum Gasteiger partial charge on any atom is 0.241 e. The third-order valence-corrected chi connectivity index (χ3v) is 4.66. The van der Waals surface area contributed by atoms with Crippen LogP contribution in [0.4, 0.5) is 11.9 Å². The Hall–Kier alpha value is -2.53. The fourth-order valence-corrected chi connectivity index (χ4v) is 3.39. The highest BCUT2D eigenvalue weighted by Crippen LogP contribution is 2.38. The third kappa shape index (κ3) is 2.71. The molecule has 2 unspecified atom stereocenters. The first kappa shape index (κ1) is 15.0. The van der Waals surface area contributed by atoms with Crippen molar-refractivity contribution in [2.24, 2.45) is 0 Å². The van der Waals surface area contributed by atoms with Crippen LogP contribution in [-0.2, 0) is 0 Å². The van der Waals surface area contributed by atoms with E-state index in [9.17, 15) is 0 Å². The number of nitrogens with two attached hydrogens (primary N) is 1. The summed E-state index contributed by atoms with van der Waals surface area (Å²) in [4.78, 5) is 4.34. The van der Waals surface area contributed by atoms with Crippen LogP contribution in [0, 0.1) is 6.92 Å². The molecular weight excluding hydrogens is 322 g/mol. The van der Waals surface area contributed by atoms with Gasteiger partial charge in [-0.1, -0.05) is 53.6 Å². The van der Waals surface area contributed by atoms with E-state index in [-0.39, 0.29) is 18.0 Å². The number of rotatable bonds is 2. The number of nitrogen functional groups attached to an aromatic ring is 1. The minimum atomic E-state index is 0.0895. The summed E-state index contributed by atoms with van der Waals surface area (Å²) in [6.45, 7) is 2.10. The minimum Gasteiger partial charge on any atom is -0.366 e. The normalized spacial score (nSPS) is 19.6. The van der Waals surface area contributed by atoms with E-state index in [1.165, 1.54) is 16.7 Å². The largest absolute Gasteiger partial charge is 0.366 e. The third-order valence-electron chi connectivity index (χ3n) is 4.40. The maximum atomic E-state index is 6.01. The number of benzene rings is 2. The lowest BCUT2D eigenvalue weighted by Gasteiger charge is -2.31. The van der Waals surface area contributed by atoms with Crippen LogP contribution in [0.15, 0.2) is 48.5 Å². The molecule has 6 heteroatoms. The highest BCUT2D eigenvalue weighted by atomic mass is 35.5. The number of nitrogens with zero attached hydrogens (tertiary/aromatic N) is 3. The average molecular weight is 340 g/mol. The molecule has 0 saturated carbocycles. The summed E-state index contributed by atoms with van der Waals surface area (Å²) < 4.78 is 1.89.